The van der Waals surface area contributed by atoms with Crippen molar-refractivity contribution in [1.29, 1.82) is 0 Å². The Morgan fingerprint density at radius 2 is 2.08 bits per heavy atom. The van der Waals surface area contributed by atoms with Crippen LogP contribution in [0.5, 0.6) is 0 Å². The zero-order valence-electron chi connectivity index (χ0n) is 14.8. The summed E-state index contributed by atoms with van der Waals surface area (Å²) in [6.07, 6.45) is 0.929. The number of benzene rings is 1. The van der Waals surface area contributed by atoms with E-state index >= 15 is 0 Å². The van der Waals surface area contributed by atoms with E-state index in [1.165, 1.54) is 6.07 Å². The average Bonchev–Trinajstić information content (AvgIpc) is 3.19. The van der Waals surface area contributed by atoms with E-state index in [-0.39, 0.29) is 17.6 Å². The molecule has 1 aromatic carbocycles. The molecule has 7 heteroatoms. The largest absolute Gasteiger partial charge is 0.459 e. The fourth-order valence-corrected chi connectivity index (χ4v) is 3.78. The van der Waals surface area contributed by atoms with E-state index in [1.807, 2.05) is 23.1 Å². The van der Waals surface area contributed by atoms with Gasteiger partial charge in [-0.3, -0.25) is 14.8 Å². The number of rotatable bonds is 4. The Hall–Kier alpha value is -2.80. The number of anilines is 1. The number of H-pyrrole nitrogens is 2. The quantitative estimate of drug-likeness (QED) is 0.667. The molecule has 0 saturated carbocycles. The maximum Gasteiger partial charge on any atom is 0.327 e. The van der Waals surface area contributed by atoms with Gasteiger partial charge in [0.05, 0.1) is 6.04 Å². The summed E-state index contributed by atoms with van der Waals surface area (Å²) in [5, 5.41) is 4.76. The number of para-hydroxylation sites is 1. The van der Waals surface area contributed by atoms with Gasteiger partial charge in [0, 0.05) is 30.6 Å². The van der Waals surface area contributed by atoms with Crippen LogP contribution in [0.25, 0.3) is 11.0 Å². The van der Waals surface area contributed by atoms with E-state index in [2.05, 4.69) is 35.2 Å². The summed E-state index contributed by atoms with van der Waals surface area (Å²) in [6, 6.07) is 9.81. The fraction of sp³-hybridized carbons (Fsp3) is 0.368. The van der Waals surface area contributed by atoms with Crippen molar-refractivity contribution in [2.45, 2.75) is 32.4 Å². The van der Waals surface area contributed by atoms with Crippen LogP contribution in [0.2, 0.25) is 0 Å². The first-order valence-corrected chi connectivity index (χ1v) is 8.84. The molecular formula is C19H22N4O3. The summed E-state index contributed by atoms with van der Waals surface area (Å²) in [5.41, 5.74) is 1.21. The molecule has 136 valence electrons. The molecule has 1 aliphatic rings. The zero-order chi connectivity index (χ0) is 18.3. The third kappa shape index (κ3) is 3.06. The summed E-state index contributed by atoms with van der Waals surface area (Å²) in [7, 11) is 0. The SMILES string of the molecule is Cc1c(C(C)N[C@H]2CCN(c3cc(=O)[nH]c(=O)[nH]3)C2)oc2ccccc12. The van der Waals surface area contributed by atoms with Crippen molar-refractivity contribution in [2.75, 3.05) is 18.0 Å². The molecule has 2 atom stereocenters. The molecule has 7 nitrogen and oxygen atoms in total. The predicted octanol–water partition coefficient (Wildman–Crippen LogP) is 2.05. The summed E-state index contributed by atoms with van der Waals surface area (Å²) in [4.78, 5) is 29.9. The Morgan fingerprint density at radius 3 is 2.85 bits per heavy atom. The lowest BCUT2D eigenvalue weighted by atomic mass is 10.1. The normalized spacial score (nSPS) is 18.5. The van der Waals surface area contributed by atoms with Crippen LogP contribution in [0.4, 0.5) is 5.82 Å². The maximum absolute atomic E-state index is 11.5. The van der Waals surface area contributed by atoms with E-state index in [1.54, 1.807) is 0 Å². The number of aryl methyl sites for hydroxylation is 1. The van der Waals surface area contributed by atoms with E-state index < -0.39 is 5.69 Å². The third-order valence-corrected chi connectivity index (χ3v) is 5.03. The minimum Gasteiger partial charge on any atom is -0.459 e. The molecule has 2 aromatic heterocycles. The molecule has 1 fully saturated rings. The van der Waals surface area contributed by atoms with E-state index in [9.17, 15) is 9.59 Å². The van der Waals surface area contributed by atoms with Gasteiger partial charge in [0.15, 0.2) is 0 Å². The first-order chi connectivity index (χ1) is 12.5. The van der Waals surface area contributed by atoms with Crippen molar-refractivity contribution in [1.82, 2.24) is 15.3 Å². The van der Waals surface area contributed by atoms with Gasteiger partial charge in [-0.2, -0.15) is 0 Å². The predicted molar refractivity (Wildman–Crippen MR) is 101 cm³/mol. The smallest absolute Gasteiger partial charge is 0.327 e. The van der Waals surface area contributed by atoms with Crippen molar-refractivity contribution in [2.24, 2.45) is 0 Å². The second kappa shape index (κ2) is 6.49. The van der Waals surface area contributed by atoms with Crippen LogP contribution in [0.3, 0.4) is 0 Å². The van der Waals surface area contributed by atoms with Crippen LogP contribution in [0.15, 0.2) is 44.3 Å². The number of furan rings is 1. The van der Waals surface area contributed by atoms with Gasteiger partial charge in [-0.1, -0.05) is 18.2 Å². The Bertz CT molecular complexity index is 1020. The third-order valence-electron chi connectivity index (χ3n) is 5.03. The highest BCUT2D eigenvalue weighted by Crippen LogP contribution is 2.30. The number of hydrogen-bond acceptors (Lipinski definition) is 5. The molecule has 1 saturated heterocycles. The number of hydrogen-bond donors (Lipinski definition) is 3. The fourth-order valence-electron chi connectivity index (χ4n) is 3.78. The standard InChI is InChI=1S/C19H22N4O3/c1-11-14-5-3-4-6-15(14)26-18(11)12(2)20-13-7-8-23(10-13)16-9-17(24)22-19(25)21-16/h3-6,9,12-13,20H,7-8,10H2,1-2H3,(H2,21,22,24,25)/t12?,13-/m0/s1. The minimum absolute atomic E-state index is 0.0746. The first kappa shape index (κ1) is 16.7. The van der Waals surface area contributed by atoms with Gasteiger partial charge in [-0.25, -0.2) is 4.79 Å². The van der Waals surface area contributed by atoms with Crippen LogP contribution in [-0.4, -0.2) is 29.1 Å². The zero-order valence-corrected chi connectivity index (χ0v) is 14.8. The molecule has 1 unspecified atom stereocenters. The molecule has 0 radical (unpaired) electrons. The number of fused-ring (bicyclic) bond motifs is 1. The van der Waals surface area contributed by atoms with Gasteiger partial charge in [0.2, 0.25) is 0 Å². The van der Waals surface area contributed by atoms with Crippen LogP contribution in [0.1, 0.15) is 30.7 Å². The summed E-state index contributed by atoms with van der Waals surface area (Å²) in [5.74, 6) is 1.52. The molecular weight excluding hydrogens is 332 g/mol. The molecule has 3 heterocycles. The van der Waals surface area contributed by atoms with Crippen LogP contribution in [-0.2, 0) is 0 Å². The van der Waals surface area contributed by atoms with Gasteiger partial charge in [0.1, 0.15) is 17.2 Å². The van der Waals surface area contributed by atoms with Gasteiger partial charge >= 0.3 is 5.69 Å². The molecule has 26 heavy (non-hydrogen) atoms. The molecule has 1 aliphatic heterocycles. The second-order valence-corrected chi connectivity index (χ2v) is 6.88. The average molecular weight is 354 g/mol. The highest BCUT2D eigenvalue weighted by Gasteiger charge is 2.26. The Balaban J connectivity index is 1.48. The van der Waals surface area contributed by atoms with Gasteiger partial charge in [-0.05, 0) is 31.9 Å². The van der Waals surface area contributed by atoms with E-state index in [0.29, 0.717) is 5.82 Å². The Morgan fingerprint density at radius 1 is 1.27 bits per heavy atom. The highest BCUT2D eigenvalue weighted by atomic mass is 16.3. The molecule has 0 aliphatic carbocycles. The number of nitrogens with one attached hydrogen (secondary N) is 3. The lowest BCUT2D eigenvalue weighted by Crippen LogP contribution is -2.35. The van der Waals surface area contributed by atoms with Crippen LogP contribution >= 0.6 is 0 Å². The second-order valence-electron chi connectivity index (χ2n) is 6.88. The first-order valence-electron chi connectivity index (χ1n) is 8.84. The number of aromatic nitrogens is 2. The number of aromatic amines is 2. The van der Waals surface area contributed by atoms with Crippen molar-refractivity contribution >= 4 is 16.8 Å². The summed E-state index contributed by atoms with van der Waals surface area (Å²) < 4.78 is 6.04. The van der Waals surface area contributed by atoms with E-state index in [0.717, 1.165) is 41.8 Å². The van der Waals surface area contributed by atoms with Gasteiger partial charge in [0.25, 0.3) is 5.56 Å². The molecule has 0 amide bonds. The van der Waals surface area contributed by atoms with Gasteiger partial charge in [-0.15, -0.1) is 0 Å². The van der Waals surface area contributed by atoms with Crippen molar-refractivity contribution < 1.29 is 4.42 Å². The molecule has 4 rings (SSSR count). The lowest BCUT2D eigenvalue weighted by Gasteiger charge is -2.20. The van der Waals surface area contributed by atoms with Crippen molar-refractivity contribution in [3.05, 3.63) is 62.5 Å². The minimum atomic E-state index is -0.477. The molecule has 0 spiro atoms. The Labute approximate surface area is 150 Å². The lowest BCUT2D eigenvalue weighted by molar-refractivity contribution is 0.409. The van der Waals surface area contributed by atoms with Crippen LogP contribution < -0.4 is 21.5 Å². The molecule has 0 bridgehead atoms. The highest BCUT2D eigenvalue weighted by molar-refractivity contribution is 5.82. The van der Waals surface area contributed by atoms with Crippen LogP contribution in [0, 0.1) is 6.92 Å². The topological polar surface area (TPSA) is 94.1 Å². The summed E-state index contributed by atoms with van der Waals surface area (Å²) >= 11 is 0. The molecule has 3 aromatic rings. The van der Waals surface area contributed by atoms with Gasteiger partial charge < -0.3 is 14.6 Å². The monoisotopic (exact) mass is 354 g/mol. The maximum atomic E-state index is 11.5. The van der Waals surface area contributed by atoms with Crippen molar-refractivity contribution in [3.8, 4) is 0 Å². The number of nitrogens with zero attached hydrogens (tertiary/aromatic N) is 1. The van der Waals surface area contributed by atoms with E-state index in [4.69, 9.17) is 4.42 Å². The molecule has 3 N–H and O–H groups in total. The summed E-state index contributed by atoms with van der Waals surface area (Å²) in [6.45, 7) is 5.69. The Kier molecular flexibility index (Phi) is 4.16. The van der Waals surface area contributed by atoms with Crippen molar-refractivity contribution in [3.63, 3.8) is 0 Å².